The predicted molar refractivity (Wildman–Crippen MR) is 66.8 cm³/mol. The maximum atomic E-state index is 11.8. The maximum Gasteiger partial charge on any atom is 0.251 e. The summed E-state index contributed by atoms with van der Waals surface area (Å²) in [5.74, 6) is -0.406. The number of carbonyl (C=O) groups is 2. The van der Waals surface area contributed by atoms with Crippen molar-refractivity contribution in [2.45, 2.75) is 26.8 Å². The van der Waals surface area contributed by atoms with Gasteiger partial charge >= 0.3 is 0 Å². The normalized spacial score (nSPS) is 11.7. The van der Waals surface area contributed by atoms with Crippen molar-refractivity contribution in [3.8, 4) is 0 Å². The van der Waals surface area contributed by atoms with Crippen LogP contribution < -0.4 is 10.6 Å². The van der Waals surface area contributed by atoms with Crippen LogP contribution >= 0.6 is 0 Å². The maximum absolute atomic E-state index is 11.8. The minimum absolute atomic E-state index is 0.173. The molecule has 0 spiro atoms. The van der Waals surface area contributed by atoms with Crippen molar-refractivity contribution >= 4 is 11.8 Å². The lowest BCUT2D eigenvalue weighted by atomic mass is 10.1. The van der Waals surface area contributed by atoms with Crippen molar-refractivity contribution < 1.29 is 9.59 Å². The molecule has 0 bridgehead atoms. The number of amides is 2. The smallest absolute Gasteiger partial charge is 0.251 e. The molecular weight excluding hydrogens is 216 g/mol. The summed E-state index contributed by atoms with van der Waals surface area (Å²) < 4.78 is 0. The molecule has 1 rings (SSSR count). The van der Waals surface area contributed by atoms with Crippen LogP contribution in [0.1, 0.15) is 29.8 Å². The van der Waals surface area contributed by atoms with Crippen LogP contribution in [-0.2, 0) is 4.79 Å². The van der Waals surface area contributed by atoms with Gasteiger partial charge in [0.1, 0.15) is 6.04 Å². The molecule has 0 saturated carbocycles. The average molecular weight is 234 g/mol. The molecule has 4 heteroatoms. The third kappa shape index (κ3) is 3.90. The monoisotopic (exact) mass is 234 g/mol. The Morgan fingerprint density at radius 1 is 1.24 bits per heavy atom. The van der Waals surface area contributed by atoms with Gasteiger partial charge in [-0.05, 0) is 32.9 Å². The van der Waals surface area contributed by atoms with Crippen LogP contribution in [0.2, 0.25) is 0 Å². The fourth-order valence-corrected chi connectivity index (χ4v) is 1.38. The molecule has 0 saturated heterocycles. The third-order valence-electron chi connectivity index (χ3n) is 2.41. The van der Waals surface area contributed by atoms with E-state index in [1.807, 2.05) is 26.0 Å². The standard InChI is InChI=1S/C13H18N2O2/c1-4-14-12(16)10(3)15-13(17)11-7-5-9(2)6-8-11/h5-8,10H,4H2,1-3H3,(H,14,16)(H,15,17). The summed E-state index contributed by atoms with van der Waals surface area (Å²) in [5.41, 5.74) is 1.66. The first-order chi connectivity index (χ1) is 8.04. The molecule has 0 heterocycles. The van der Waals surface area contributed by atoms with Crippen LogP contribution in [0.15, 0.2) is 24.3 Å². The highest BCUT2D eigenvalue weighted by Crippen LogP contribution is 2.03. The van der Waals surface area contributed by atoms with Gasteiger partial charge < -0.3 is 10.6 Å². The van der Waals surface area contributed by atoms with E-state index in [0.717, 1.165) is 5.56 Å². The van der Waals surface area contributed by atoms with Crippen LogP contribution in [0.25, 0.3) is 0 Å². The Morgan fingerprint density at radius 2 is 1.82 bits per heavy atom. The molecule has 0 fully saturated rings. The lowest BCUT2D eigenvalue weighted by molar-refractivity contribution is -0.122. The van der Waals surface area contributed by atoms with Crippen molar-refractivity contribution in [3.63, 3.8) is 0 Å². The van der Waals surface area contributed by atoms with Crippen molar-refractivity contribution in [2.75, 3.05) is 6.54 Å². The average Bonchev–Trinajstić information content (AvgIpc) is 2.30. The van der Waals surface area contributed by atoms with Crippen LogP contribution in [0.5, 0.6) is 0 Å². The number of nitrogens with one attached hydrogen (secondary N) is 2. The van der Waals surface area contributed by atoms with Gasteiger partial charge in [-0.1, -0.05) is 17.7 Å². The zero-order valence-corrected chi connectivity index (χ0v) is 10.4. The van der Waals surface area contributed by atoms with Crippen LogP contribution in [-0.4, -0.2) is 24.4 Å². The topological polar surface area (TPSA) is 58.2 Å². The largest absolute Gasteiger partial charge is 0.355 e. The van der Waals surface area contributed by atoms with Gasteiger partial charge in [-0.15, -0.1) is 0 Å². The molecule has 2 amide bonds. The molecule has 0 aliphatic carbocycles. The van der Waals surface area contributed by atoms with Gasteiger partial charge in [0.15, 0.2) is 0 Å². The lowest BCUT2D eigenvalue weighted by Crippen LogP contribution is -2.44. The van der Waals surface area contributed by atoms with E-state index in [9.17, 15) is 9.59 Å². The number of hydrogen-bond acceptors (Lipinski definition) is 2. The van der Waals surface area contributed by atoms with E-state index >= 15 is 0 Å². The molecule has 1 atom stereocenters. The highest BCUT2D eigenvalue weighted by molar-refractivity contribution is 5.97. The van der Waals surface area contributed by atoms with Crippen molar-refractivity contribution in [3.05, 3.63) is 35.4 Å². The molecule has 0 radical (unpaired) electrons. The Labute approximate surface area is 101 Å². The Balaban J connectivity index is 2.60. The Kier molecular flexibility index (Phi) is 4.69. The van der Waals surface area contributed by atoms with E-state index in [-0.39, 0.29) is 11.8 Å². The van der Waals surface area contributed by atoms with Gasteiger partial charge in [0.2, 0.25) is 5.91 Å². The number of aryl methyl sites for hydroxylation is 1. The van der Waals surface area contributed by atoms with Gasteiger partial charge in [-0.2, -0.15) is 0 Å². The SMILES string of the molecule is CCNC(=O)C(C)NC(=O)c1ccc(C)cc1. The number of carbonyl (C=O) groups excluding carboxylic acids is 2. The molecule has 1 aromatic rings. The van der Waals surface area contributed by atoms with E-state index in [1.54, 1.807) is 19.1 Å². The van der Waals surface area contributed by atoms with Crippen molar-refractivity contribution in [1.29, 1.82) is 0 Å². The molecular formula is C13H18N2O2. The second-order valence-corrected chi connectivity index (χ2v) is 3.96. The summed E-state index contributed by atoms with van der Waals surface area (Å²) in [6.07, 6.45) is 0. The molecule has 4 nitrogen and oxygen atoms in total. The minimum atomic E-state index is -0.524. The van der Waals surface area contributed by atoms with Crippen molar-refractivity contribution in [2.24, 2.45) is 0 Å². The number of likely N-dealkylation sites (N-methyl/N-ethyl adjacent to an activating group) is 1. The molecule has 0 aliphatic rings. The second kappa shape index (κ2) is 6.03. The molecule has 1 unspecified atom stereocenters. The number of benzene rings is 1. The summed E-state index contributed by atoms with van der Waals surface area (Å²) in [6.45, 7) is 6.02. The Hall–Kier alpha value is -1.84. The molecule has 1 aromatic carbocycles. The van der Waals surface area contributed by atoms with E-state index < -0.39 is 6.04 Å². The number of rotatable bonds is 4. The lowest BCUT2D eigenvalue weighted by Gasteiger charge is -2.13. The summed E-state index contributed by atoms with van der Waals surface area (Å²) in [7, 11) is 0. The molecule has 92 valence electrons. The highest BCUT2D eigenvalue weighted by atomic mass is 16.2. The molecule has 2 N–H and O–H groups in total. The van der Waals surface area contributed by atoms with E-state index in [4.69, 9.17) is 0 Å². The minimum Gasteiger partial charge on any atom is -0.355 e. The summed E-state index contributed by atoms with van der Waals surface area (Å²) in [4.78, 5) is 23.2. The first kappa shape index (κ1) is 13.2. The first-order valence-corrected chi connectivity index (χ1v) is 5.69. The predicted octanol–water partition coefficient (Wildman–Crippen LogP) is 1.25. The van der Waals surface area contributed by atoms with E-state index in [2.05, 4.69) is 10.6 Å². The Morgan fingerprint density at radius 3 is 2.35 bits per heavy atom. The van der Waals surface area contributed by atoms with E-state index in [0.29, 0.717) is 12.1 Å². The zero-order chi connectivity index (χ0) is 12.8. The fraction of sp³-hybridized carbons (Fsp3) is 0.385. The zero-order valence-electron chi connectivity index (χ0n) is 10.4. The molecule has 17 heavy (non-hydrogen) atoms. The van der Waals surface area contributed by atoms with Gasteiger partial charge in [-0.25, -0.2) is 0 Å². The fourth-order valence-electron chi connectivity index (χ4n) is 1.38. The van der Waals surface area contributed by atoms with Crippen molar-refractivity contribution in [1.82, 2.24) is 10.6 Å². The molecule has 0 aromatic heterocycles. The Bertz CT molecular complexity index is 398. The second-order valence-electron chi connectivity index (χ2n) is 3.96. The van der Waals surface area contributed by atoms with Gasteiger partial charge in [-0.3, -0.25) is 9.59 Å². The van der Waals surface area contributed by atoms with Crippen LogP contribution in [0.3, 0.4) is 0 Å². The van der Waals surface area contributed by atoms with Gasteiger partial charge in [0, 0.05) is 12.1 Å². The quantitative estimate of drug-likeness (QED) is 0.823. The third-order valence-corrected chi connectivity index (χ3v) is 2.41. The first-order valence-electron chi connectivity index (χ1n) is 5.69. The number of hydrogen-bond donors (Lipinski definition) is 2. The van der Waals surface area contributed by atoms with Crippen LogP contribution in [0.4, 0.5) is 0 Å². The molecule has 0 aliphatic heterocycles. The summed E-state index contributed by atoms with van der Waals surface area (Å²) in [6, 6.07) is 6.70. The van der Waals surface area contributed by atoms with Gasteiger partial charge in [0.05, 0.1) is 0 Å². The summed E-state index contributed by atoms with van der Waals surface area (Å²) >= 11 is 0. The van der Waals surface area contributed by atoms with E-state index in [1.165, 1.54) is 0 Å². The van der Waals surface area contributed by atoms with Gasteiger partial charge in [0.25, 0.3) is 5.91 Å². The highest BCUT2D eigenvalue weighted by Gasteiger charge is 2.15. The summed E-state index contributed by atoms with van der Waals surface area (Å²) in [5, 5.41) is 5.31. The van der Waals surface area contributed by atoms with Crippen LogP contribution in [0, 0.1) is 6.92 Å².